The molecule has 1 heterocycles. The van der Waals surface area contributed by atoms with Crippen molar-refractivity contribution >= 4 is 0 Å². The average molecular weight is 196 g/mol. The second-order valence-electron chi connectivity index (χ2n) is 4.51. The van der Waals surface area contributed by atoms with E-state index in [1.54, 1.807) is 0 Å². The third-order valence-corrected chi connectivity index (χ3v) is 2.17. The number of aromatic amines is 1. The first-order valence-corrected chi connectivity index (χ1v) is 5.17. The highest BCUT2D eigenvalue weighted by Gasteiger charge is 2.15. The van der Waals surface area contributed by atoms with Gasteiger partial charge in [-0.15, -0.1) is 0 Å². The molecule has 4 nitrogen and oxygen atoms in total. The SMILES string of the molecule is CC(C)Cc1nc(C(N)C(C)C)n[nH]1. The fraction of sp³-hybridized carbons (Fsp3) is 0.800. The summed E-state index contributed by atoms with van der Waals surface area (Å²) in [5.41, 5.74) is 5.94. The first kappa shape index (κ1) is 11.2. The van der Waals surface area contributed by atoms with Gasteiger partial charge in [0.2, 0.25) is 0 Å². The molecule has 1 aromatic heterocycles. The summed E-state index contributed by atoms with van der Waals surface area (Å²) in [6.45, 7) is 8.46. The Kier molecular flexibility index (Phi) is 3.63. The van der Waals surface area contributed by atoms with E-state index < -0.39 is 0 Å². The van der Waals surface area contributed by atoms with Gasteiger partial charge in [0.1, 0.15) is 5.82 Å². The van der Waals surface area contributed by atoms with Gasteiger partial charge in [-0.05, 0) is 11.8 Å². The fourth-order valence-corrected chi connectivity index (χ4v) is 1.24. The third kappa shape index (κ3) is 2.80. The lowest BCUT2D eigenvalue weighted by molar-refractivity contribution is 0.491. The molecule has 0 saturated heterocycles. The number of nitrogens with zero attached hydrogens (tertiary/aromatic N) is 2. The van der Waals surface area contributed by atoms with E-state index >= 15 is 0 Å². The van der Waals surface area contributed by atoms with E-state index in [-0.39, 0.29) is 6.04 Å². The monoisotopic (exact) mass is 196 g/mol. The van der Waals surface area contributed by atoms with Crippen LogP contribution in [0.1, 0.15) is 45.4 Å². The van der Waals surface area contributed by atoms with Gasteiger partial charge in [0.05, 0.1) is 6.04 Å². The van der Waals surface area contributed by atoms with Gasteiger partial charge in [-0.2, -0.15) is 5.10 Å². The van der Waals surface area contributed by atoms with Gasteiger partial charge in [0.25, 0.3) is 0 Å². The lowest BCUT2D eigenvalue weighted by atomic mass is 10.1. The molecule has 0 aliphatic rings. The number of rotatable bonds is 4. The van der Waals surface area contributed by atoms with Crippen LogP contribution >= 0.6 is 0 Å². The van der Waals surface area contributed by atoms with Gasteiger partial charge >= 0.3 is 0 Å². The van der Waals surface area contributed by atoms with Crippen LogP contribution in [0.2, 0.25) is 0 Å². The molecule has 0 aromatic carbocycles. The van der Waals surface area contributed by atoms with Crippen molar-refractivity contribution in [2.75, 3.05) is 0 Å². The molecule has 1 unspecified atom stereocenters. The quantitative estimate of drug-likeness (QED) is 0.769. The summed E-state index contributed by atoms with van der Waals surface area (Å²) in [5.74, 6) is 2.63. The highest BCUT2D eigenvalue weighted by Crippen LogP contribution is 2.15. The molecule has 1 aromatic rings. The summed E-state index contributed by atoms with van der Waals surface area (Å²) in [5, 5.41) is 7.06. The Morgan fingerprint density at radius 2 is 1.93 bits per heavy atom. The van der Waals surface area contributed by atoms with Crippen LogP contribution in [0.25, 0.3) is 0 Å². The van der Waals surface area contributed by atoms with E-state index in [2.05, 4.69) is 42.9 Å². The molecule has 0 aliphatic carbocycles. The van der Waals surface area contributed by atoms with Crippen LogP contribution in [0.4, 0.5) is 0 Å². The van der Waals surface area contributed by atoms with Crippen LogP contribution in [0.3, 0.4) is 0 Å². The average Bonchev–Trinajstić information content (AvgIpc) is 2.50. The van der Waals surface area contributed by atoms with E-state index in [1.165, 1.54) is 0 Å². The van der Waals surface area contributed by atoms with Gasteiger partial charge in [0.15, 0.2) is 5.82 Å². The van der Waals surface area contributed by atoms with Crippen LogP contribution < -0.4 is 5.73 Å². The Labute approximate surface area is 85.3 Å². The maximum Gasteiger partial charge on any atom is 0.167 e. The summed E-state index contributed by atoms with van der Waals surface area (Å²) >= 11 is 0. The van der Waals surface area contributed by atoms with Crippen LogP contribution in [-0.4, -0.2) is 15.2 Å². The summed E-state index contributed by atoms with van der Waals surface area (Å²) in [6, 6.07) is -0.0628. The van der Waals surface area contributed by atoms with E-state index in [9.17, 15) is 0 Å². The minimum Gasteiger partial charge on any atom is -0.321 e. The van der Waals surface area contributed by atoms with E-state index in [1.807, 2.05) is 0 Å². The zero-order valence-corrected chi connectivity index (χ0v) is 9.41. The number of nitrogens with two attached hydrogens (primary N) is 1. The largest absolute Gasteiger partial charge is 0.321 e. The Morgan fingerprint density at radius 1 is 1.29 bits per heavy atom. The Balaban J connectivity index is 2.67. The number of nitrogens with one attached hydrogen (secondary N) is 1. The Hall–Kier alpha value is -0.900. The Bertz CT molecular complexity index is 277. The van der Waals surface area contributed by atoms with Crippen molar-refractivity contribution in [3.63, 3.8) is 0 Å². The van der Waals surface area contributed by atoms with Crippen molar-refractivity contribution in [3.8, 4) is 0 Å². The predicted octanol–water partition coefficient (Wildman–Crippen LogP) is 1.66. The van der Waals surface area contributed by atoms with Crippen molar-refractivity contribution < 1.29 is 0 Å². The number of aromatic nitrogens is 3. The molecule has 0 fully saturated rings. The van der Waals surface area contributed by atoms with Crippen molar-refractivity contribution in [1.82, 2.24) is 15.2 Å². The highest BCUT2D eigenvalue weighted by molar-refractivity contribution is 4.97. The van der Waals surface area contributed by atoms with Crippen LogP contribution in [0.5, 0.6) is 0 Å². The fourth-order valence-electron chi connectivity index (χ4n) is 1.24. The van der Waals surface area contributed by atoms with Gasteiger partial charge < -0.3 is 5.73 Å². The molecule has 0 amide bonds. The molecule has 0 aliphatic heterocycles. The lowest BCUT2D eigenvalue weighted by Crippen LogP contribution is -2.18. The smallest absolute Gasteiger partial charge is 0.167 e. The van der Waals surface area contributed by atoms with Crippen molar-refractivity contribution in [2.24, 2.45) is 17.6 Å². The summed E-state index contributed by atoms with van der Waals surface area (Å²) in [6.07, 6.45) is 0.928. The van der Waals surface area contributed by atoms with Crippen molar-refractivity contribution in [1.29, 1.82) is 0 Å². The highest BCUT2D eigenvalue weighted by atomic mass is 15.2. The van der Waals surface area contributed by atoms with Crippen molar-refractivity contribution in [3.05, 3.63) is 11.6 Å². The molecule has 0 spiro atoms. The summed E-state index contributed by atoms with van der Waals surface area (Å²) < 4.78 is 0. The van der Waals surface area contributed by atoms with Gasteiger partial charge in [0, 0.05) is 6.42 Å². The number of hydrogen-bond acceptors (Lipinski definition) is 3. The van der Waals surface area contributed by atoms with Crippen LogP contribution in [0.15, 0.2) is 0 Å². The summed E-state index contributed by atoms with van der Waals surface area (Å²) in [4.78, 5) is 4.38. The van der Waals surface area contributed by atoms with E-state index in [4.69, 9.17) is 5.73 Å². The molecular formula is C10H20N4. The Morgan fingerprint density at radius 3 is 2.43 bits per heavy atom. The maximum atomic E-state index is 5.94. The van der Waals surface area contributed by atoms with Crippen LogP contribution in [-0.2, 0) is 6.42 Å². The van der Waals surface area contributed by atoms with Gasteiger partial charge in [-0.3, -0.25) is 5.10 Å². The minimum atomic E-state index is -0.0628. The van der Waals surface area contributed by atoms with Crippen molar-refractivity contribution in [2.45, 2.75) is 40.2 Å². The topological polar surface area (TPSA) is 67.6 Å². The first-order valence-electron chi connectivity index (χ1n) is 5.17. The second kappa shape index (κ2) is 4.55. The lowest BCUT2D eigenvalue weighted by Gasteiger charge is -2.10. The normalized spacial score (nSPS) is 13.9. The van der Waals surface area contributed by atoms with Gasteiger partial charge in [-0.25, -0.2) is 4.98 Å². The number of H-pyrrole nitrogens is 1. The molecular weight excluding hydrogens is 176 g/mol. The molecule has 14 heavy (non-hydrogen) atoms. The number of hydrogen-bond donors (Lipinski definition) is 2. The molecule has 0 radical (unpaired) electrons. The molecule has 3 N–H and O–H groups in total. The zero-order chi connectivity index (χ0) is 10.7. The standard InChI is InChI=1S/C10H20N4/c1-6(2)5-8-12-10(14-13-8)9(11)7(3)4/h6-7,9H,5,11H2,1-4H3,(H,12,13,14). The zero-order valence-electron chi connectivity index (χ0n) is 9.41. The van der Waals surface area contributed by atoms with E-state index in [0.29, 0.717) is 11.8 Å². The first-order chi connectivity index (χ1) is 6.50. The minimum absolute atomic E-state index is 0.0628. The third-order valence-electron chi connectivity index (χ3n) is 2.17. The second-order valence-corrected chi connectivity index (χ2v) is 4.51. The molecule has 4 heteroatoms. The molecule has 0 saturated carbocycles. The maximum absolute atomic E-state index is 5.94. The molecule has 80 valence electrons. The summed E-state index contributed by atoms with van der Waals surface area (Å²) in [7, 11) is 0. The van der Waals surface area contributed by atoms with Gasteiger partial charge in [-0.1, -0.05) is 27.7 Å². The van der Waals surface area contributed by atoms with Crippen LogP contribution in [0, 0.1) is 11.8 Å². The molecule has 1 rings (SSSR count). The predicted molar refractivity (Wildman–Crippen MR) is 56.7 cm³/mol. The van der Waals surface area contributed by atoms with E-state index in [0.717, 1.165) is 18.1 Å². The molecule has 0 bridgehead atoms. The molecule has 1 atom stereocenters.